The van der Waals surface area contributed by atoms with E-state index in [1.807, 2.05) is 33.3 Å². The van der Waals surface area contributed by atoms with Crippen LogP contribution in [0.1, 0.15) is 258 Å². The van der Waals surface area contributed by atoms with Gasteiger partial charge >= 0.3 is 11.9 Å². The molecule has 2 unspecified atom stereocenters. The molecule has 442 valence electrons. The van der Waals surface area contributed by atoms with E-state index in [9.17, 15) is 19.5 Å². The van der Waals surface area contributed by atoms with Crippen LogP contribution in [0.3, 0.4) is 0 Å². The summed E-state index contributed by atoms with van der Waals surface area (Å²) in [5, 5.41) is 11.8. The molecule has 0 saturated carbocycles. The maximum atomic E-state index is 12.8. The number of carboxylic acids is 1. The number of carbonyl (C=O) groups excluding carboxylic acids is 3. The van der Waals surface area contributed by atoms with Crippen molar-refractivity contribution in [3.8, 4) is 0 Å². The van der Waals surface area contributed by atoms with Gasteiger partial charge in [0.1, 0.15) is 13.2 Å². The zero-order valence-electron chi connectivity index (χ0n) is 50.3. The van der Waals surface area contributed by atoms with Crippen LogP contribution in [0.4, 0.5) is 0 Å². The SMILES string of the molecule is CC/C=C\C/C=C\C/C=C\C/C=C\C/C=C\C/C=C\CCC(=O)OC(COC(=O)CCCCCCCCCCCCCCCCCCCCCCC/C=C\C/C=C\CCCCCCC)COC(OCC[N+](C)(C)C)C(=O)[O-]. The summed E-state index contributed by atoms with van der Waals surface area (Å²) < 4.78 is 22.6. The molecular formula is C68H117NO8. The van der Waals surface area contributed by atoms with Gasteiger partial charge in [-0.25, -0.2) is 0 Å². The van der Waals surface area contributed by atoms with Gasteiger partial charge < -0.3 is 33.3 Å². The molecule has 0 bridgehead atoms. The highest BCUT2D eigenvalue weighted by Gasteiger charge is 2.21. The Morgan fingerprint density at radius 2 is 0.766 bits per heavy atom. The minimum atomic E-state index is -1.65. The Bertz CT molecular complexity index is 1580. The fraction of sp³-hybridized carbons (Fsp3) is 0.721. The van der Waals surface area contributed by atoms with Gasteiger partial charge in [-0.1, -0.05) is 259 Å². The van der Waals surface area contributed by atoms with Crippen LogP contribution in [0.2, 0.25) is 0 Å². The zero-order valence-corrected chi connectivity index (χ0v) is 50.3. The lowest BCUT2D eigenvalue weighted by Crippen LogP contribution is -2.44. The lowest BCUT2D eigenvalue weighted by molar-refractivity contribution is -0.870. The van der Waals surface area contributed by atoms with E-state index in [1.165, 1.54) is 161 Å². The summed E-state index contributed by atoms with van der Waals surface area (Å²) in [7, 11) is 5.90. The summed E-state index contributed by atoms with van der Waals surface area (Å²) >= 11 is 0. The lowest BCUT2D eigenvalue weighted by Gasteiger charge is -2.26. The third kappa shape index (κ3) is 59.7. The van der Waals surface area contributed by atoms with E-state index in [1.54, 1.807) is 0 Å². The van der Waals surface area contributed by atoms with Crippen LogP contribution in [0.15, 0.2) is 97.2 Å². The summed E-state index contributed by atoms with van der Waals surface area (Å²) in [5.41, 5.74) is 0. The van der Waals surface area contributed by atoms with Crippen molar-refractivity contribution < 1.29 is 42.9 Å². The summed E-state index contributed by atoms with van der Waals surface area (Å²) in [6.07, 6.45) is 76.5. The molecule has 0 saturated heterocycles. The Kier molecular flexibility index (Phi) is 55.5. The second-order valence-corrected chi connectivity index (χ2v) is 22.0. The number of hydrogen-bond acceptors (Lipinski definition) is 8. The van der Waals surface area contributed by atoms with E-state index in [2.05, 4.69) is 98.9 Å². The van der Waals surface area contributed by atoms with Crippen molar-refractivity contribution in [1.82, 2.24) is 0 Å². The molecule has 0 amide bonds. The van der Waals surface area contributed by atoms with Gasteiger partial charge in [-0.05, 0) is 83.5 Å². The van der Waals surface area contributed by atoms with Crippen LogP contribution in [-0.2, 0) is 33.3 Å². The van der Waals surface area contributed by atoms with Gasteiger partial charge in [-0.3, -0.25) is 9.59 Å². The topological polar surface area (TPSA) is 111 Å². The molecule has 0 heterocycles. The number of unbranched alkanes of at least 4 members (excludes halogenated alkanes) is 26. The first-order valence-electron chi connectivity index (χ1n) is 31.4. The Morgan fingerprint density at radius 1 is 0.403 bits per heavy atom. The van der Waals surface area contributed by atoms with Crippen molar-refractivity contribution in [1.29, 1.82) is 0 Å². The van der Waals surface area contributed by atoms with E-state index in [0.717, 1.165) is 64.2 Å². The maximum absolute atomic E-state index is 12.8. The van der Waals surface area contributed by atoms with E-state index >= 15 is 0 Å². The number of ether oxygens (including phenoxy) is 4. The molecule has 0 aliphatic heterocycles. The smallest absolute Gasteiger partial charge is 0.306 e. The van der Waals surface area contributed by atoms with E-state index in [0.29, 0.717) is 17.4 Å². The molecule has 0 aliphatic carbocycles. The Balaban J connectivity index is 4.16. The molecule has 2 atom stereocenters. The monoisotopic (exact) mass is 1080 g/mol. The van der Waals surface area contributed by atoms with E-state index < -0.39 is 24.3 Å². The number of carbonyl (C=O) groups is 3. The molecular weight excluding hydrogens is 959 g/mol. The highest BCUT2D eigenvalue weighted by molar-refractivity contribution is 5.70. The summed E-state index contributed by atoms with van der Waals surface area (Å²) in [5.74, 6) is -2.40. The number of carboxylic acid groups (broad SMARTS) is 1. The van der Waals surface area contributed by atoms with Crippen molar-refractivity contribution in [2.75, 3.05) is 47.5 Å². The first-order valence-corrected chi connectivity index (χ1v) is 31.4. The second-order valence-electron chi connectivity index (χ2n) is 22.0. The quantitative estimate of drug-likeness (QED) is 0.0195. The van der Waals surface area contributed by atoms with Crippen LogP contribution in [0, 0.1) is 0 Å². The average molecular weight is 1080 g/mol. The molecule has 0 N–H and O–H groups in total. The Morgan fingerprint density at radius 3 is 1.16 bits per heavy atom. The molecule has 0 aromatic carbocycles. The van der Waals surface area contributed by atoms with Crippen molar-refractivity contribution in [2.24, 2.45) is 0 Å². The summed E-state index contributed by atoms with van der Waals surface area (Å²) in [4.78, 5) is 37.3. The van der Waals surface area contributed by atoms with Crippen molar-refractivity contribution in [2.45, 2.75) is 270 Å². The van der Waals surface area contributed by atoms with Crippen LogP contribution < -0.4 is 5.11 Å². The van der Waals surface area contributed by atoms with Gasteiger partial charge in [-0.2, -0.15) is 0 Å². The predicted octanol–water partition coefficient (Wildman–Crippen LogP) is 17.6. The predicted molar refractivity (Wildman–Crippen MR) is 324 cm³/mol. The van der Waals surface area contributed by atoms with Crippen molar-refractivity contribution in [3.05, 3.63) is 97.2 Å². The highest BCUT2D eigenvalue weighted by atomic mass is 16.7. The minimum absolute atomic E-state index is 0.119. The number of esters is 2. The van der Waals surface area contributed by atoms with Gasteiger partial charge in [0, 0.05) is 12.8 Å². The van der Waals surface area contributed by atoms with Crippen molar-refractivity contribution in [3.63, 3.8) is 0 Å². The molecule has 0 aliphatic rings. The number of hydrogen-bond donors (Lipinski definition) is 0. The van der Waals surface area contributed by atoms with Crippen LogP contribution in [-0.4, -0.2) is 82.3 Å². The second kappa shape index (κ2) is 58.4. The van der Waals surface area contributed by atoms with Gasteiger partial charge in [-0.15, -0.1) is 0 Å². The zero-order chi connectivity index (χ0) is 56.2. The molecule has 0 aromatic heterocycles. The third-order valence-corrected chi connectivity index (χ3v) is 13.3. The van der Waals surface area contributed by atoms with E-state index in [4.69, 9.17) is 18.9 Å². The Labute approximate surface area is 473 Å². The number of quaternary nitrogens is 1. The largest absolute Gasteiger partial charge is 0.545 e. The highest BCUT2D eigenvalue weighted by Crippen LogP contribution is 2.17. The number of aliphatic carboxylic acids is 1. The normalized spacial score (nSPS) is 13.4. The van der Waals surface area contributed by atoms with Gasteiger partial charge in [0.2, 0.25) is 0 Å². The van der Waals surface area contributed by atoms with Crippen molar-refractivity contribution >= 4 is 17.9 Å². The maximum Gasteiger partial charge on any atom is 0.306 e. The molecule has 0 spiro atoms. The third-order valence-electron chi connectivity index (χ3n) is 13.3. The number of rotatable bonds is 57. The standard InChI is InChI=1S/C68H117NO8/c1-6-8-10-12-14-16-18-20-22-24-26-27-28-29-30-31-32-33-34-35-36-37-38-39-41-42-44-46-48-50-52-54-56-58-65(70)75-62-64(63-76-68(67(72)73)74-61-60-69(3,4)5)77-66(71)59-57-55-53-51-49-47-45-43-40-25-23-21-19-17-15-13-11-9-7-2/h9,11,15,17-18,20-21,23-24,26,40,43,47,49,53,55,64,68H,6-8,10,12-14,16,19,22,25,27-39,41-42,44-46,48,50-52,54,56-63H2,1-5H3/b11-9-,17-15-,20-18-,23-21-,26-24-,43-40-,49-47-,55-53-. The van der Waals surface area contributed by atoms with Gasteiger partial charge in [0.05, 0.1) is 40.3 Å². The molecule has 9 nitrogen and oxygen atoms in total. The molecule has 9 heteroatoms. The molecule has 0 fully saturated rings. The number of likely N-dealkylation sites (N-methyl/N-ethyl adjacent to an activating group) is 1. The number of allylic oxidation sites excluding steroid dienone is 16. The summed E-state index contributed by atoms with van der Waals surface area (Å²) in [6, 6.07) is 0. The summed E-state index contributed by atoms with van der Waals surface area (Å²) in [6.45, 7) is 4.55. The van der Waals surface area contributed by atoms with Crippen LogP contribution in [0.25, 0.3) is 0 Å². The van der Waals surface area contributed by atoms with E-state index in [-0.39, 0.29) is 38.6 Å². The molecule has 0 radical (unpaired) electrons. The number of nitrogens with zero attached hydrogens (tertiary/aromatic N) is 1. The first-order chi connectivity index (χ1) is 37.6. The first kappa shape index (κ1) is 73.2. The van der Waals surface area contributed by atoms with Gasteiger partial charge in [0.15, 0.2) is 12.4 Å². The van der Waals surface area contributed by atoms with Gasteiger partial charge in [0.25, 0.3) is 0 Å². The average Bonchev–Trinajstić information content (AvgIpc) is 3.40. The fourth-order valence-corrected chi connectivity index (χ4v) is 8.54. The molecule has 0 rings (SSSR count). The molecule has 77 heavy (non-hydrogen) atoms. The minimum Gasteiger partial charge on any atom is -0.545 e. The van der Waals surface area contributed by atoms with Crippen LogP contribution in [0.5, 0.6) is 0 Å². The molecule has 0 aromatic rings. The van der Waals surface area contributed by atoms with Crippen LogP contribution >= 0.6 is 0 Å². The lowest BCUT2D eigenvalue weighted by atomic mass is 10.0. The Hall–Kier alpha value is -3.79. The fourth-order valence-electron chi connectivity index (χ4n) is 8.54.